The number of nitrogens with one attached hydrogen (secondary N) is 2. The van der Waals surface area contributed by atoms with Crippen LogP contribution in [0.3, 0.4) is 0 Å². The second kappa shape index (κ2) is 8.98. The first-order chi connectivity index (χ1) is 14.9. The molecule has 1 amide bonds. The molecule has 0 unspecified atom stereocenters. The Kier molecular flexibility index (Phi) is 6.31. The van der Waals surface area contributed by atoms with Crippen LogP contribution in [0.4, 0.5) is 11.4 Å². The lowest BCUT2D eigenvalue weighted by Crippen LogP contribution is -2.46. The summed E-state index contributed by atoms with van der Waals surface area (Å²) >= 11 is 0. The average Bonchev–Trinajstić information content (AvgIpc) is 3.58. The van der Waals surface area contributed by atoms with E-state index in [-0.39, 0.29) is 16.8 Å². The van der Waals surface area contributed by atoms with E-state index in [0.29, 0.717) is 5.56 Å². The smallest absolute Gasteiger partial charge is 0.255 e. The fraction of sp³-hybridized carbons (Fsp3) is 0.435. The maximum absolute atomic E-state index is 12.8. The summed E-state index contributed by atoms with van der Waals surface area (Å²) in [6, 6.07) is 12.2. The molecule has 1 heterocycles. The molecule has 2 aromatic carbocycles. The predicted octanol–water partition coefficient (Wildman–Crippen LogP) is 2.83. The van der Waals surface area contributed by atoms with Crippen molar-refractivity contribution in [2.45, 2.75) is 37.6 Å². The number of likely N-dealkylation sites (N-methyl/N-ethyl adjacent to an activating group) is 1. The van der Waals surface area contributed by atoms with Gasteiger partial charge in [0, 0.05) is 49.2 Å². The zero-order valence-electron chi connectivity index (χ0n) is 18.1. The quantitative estimate of drug-likeness (QED) is 0.689. The number of amides is 1. The summed E-state index contributed by atoms with van der Waals surface area (Å²) in [4.78, 5) is 17.7. The Labute approximate surface area is 184 Å². The van der Waals surface area contributed by atoms with E-state index in [1.807, 2.05) is 19.1 Å². The van der Waals surface area contributed by atoms with E-state index in [2.05, 4.69) is 32.8 Å². The van der Waals surface area contributed by atoms with E-state index in [1.54, 1.807) is 12.1 Å². The van der Waals surface area contributed by atoms with E-state index in [9.17, 15) is 13.2 Å². The first kappa shape index (κ1) is 21.8. The number of rotatable bonds is 7. The molecule has 166 valence electrons. The van der Waals surface area contributed by atoms with Crippen LogP contribution in [0.15, 0.2) is 47.4 Å². The van der Waals surface area contributed by atoms with Crippen molar-refractivity contribution in [2.75, 3.05) is 42.9 Å². The van der Waals surface area contributed by atoms with Crippen LogP contribution in [-0.4, -0.2) is 58.0 Å². The molecule has 0 aromatic heterocycles. The molecule has 1 aliphatic carbocycles. The van der Waals surface area contributed by atoms with Crippen molar-refractivity contribution >= 4 is 27.3 Å². The zero-order valence-corrected chi connectivity index (χ0v) is 18.9. The Morgan fingerprint density at radius 1 is 1.06 bits per heavy atom. The Morgan fingerprint density at radius 2 is 1.81 bits per heavy atom. The molecular weight excluding hydrogens is 412 g/mol. The molecule has 1 saturated heterocycles. The zero-order chi connectivity index (χ0) is 22.0. The molecule has 1 aliphatic heterocycles. The maximum atomic E-state index is 12.8. The highest BCUT2D eigenvalue weighted by molar-refractivity contribution is 7.89. The van der Waals surface area contributed by atoms with Crippen molar-refractivity contribution in [3.8, 4) is 0 Å². The summed E-state index contributed by atoms with van der Waals surface area (Å²) in [5.41, 5.74) is 3.18. The van der Waals surface area contributed by atoms with Crippen LogP contribution in [-0.2, 0) is 10.0 Å². The third kappa shape index (κ3) is 5.26. The maximum Gasteiger partial charge on any atom is 0.255 e. The minimum absolute atomic E-state index is 0.0218. The number of piperazine rings is 1. The van der Waals surface area contributed by atoms with Gasteiger partial charge in [-0.2, -0.15) is 0 Å². The monoisotopic (exact) mass is 442 g/mol. The third-order valence-electron chi connectivity index (χ3n) is 5.95. The summed E-state index contributed by atoms with van der Waals surface area (Å²) in [6.45, 7) is 9.35. The summed E-state index contributed by atoms with van der Waals surface area (Å²) in [6.07, 6.45) is 1.73. The van der Waals surface area contributed by atoms with Gasteiger partial charge in [0.2, 0.25) is 10.0 Å². The van der Waals surface area contributed by atoms with Crippen LogP contribution >= 0.6 is 0 Å². The van der Waals surface area contributed by atoms with E-state index in [4.69, 9.17) is 0 Å². The third-order valence-corrected chi connectivity index (χ3v) is 7.47. The Hall–Kier alpha value is -2.42. The van der Waals surface area contributed by atoms with Gasteiger partial charge >= 0.3 is 0 Å². The van der Waals surface area contributed by atoms with Crippen LogP contribution in [0.25, 0.3) is 0 Å². The van der Waals surface area contributed by atoms with Gasteiger partial charge in [-0.1, -0.05) is 13.0 Å². The molecule has 31 heavy (non-hydrogen) atoms. The van der Waals surface area contributed by atoms with E-state index in [0.717, 1.165) is 62.5 Å². The number of sulfonamides is 1. The molecule has 0 radical (unpaired) electrons. The first-order valence-electron chi connectivity index (χ1n) is 10.9. The van der Waals surface area contributed by atoms with Gasteiger partial charge in [-0.25, -0.2) is 13.1 Å². The minimum Gasteiger partial charge on any atom is -0.369 e. The second-order valence-corrected chi connectivity index (χ2v) is 10.0. The highest BCUT2D eigenvalue weighted by Gasteiger charge is 2.28. The molecule has 0 spiro atoms. The van der Waals surface area contributed by atoms with Crippen molar-refractivity contribution in [3.05, 3.63) is 53.6 Å². The molecule has 2 N–H and O–H groups in total. The van der Waals surface area contributed by atoms with Crippen LogP contribution in [0.1, 0.15) is 35.7 Å². The number of carbonyl (C=O) groups is 1. The normalized spacial score (nSPS) is 17.5. The molecule has 2 fully saturated rings. The van der Waals surface area contributed by atoms with Gasteiger partial charge in [-0.15, -0.1) is 0 Å². The number of aryl methyl sites for hydroxylation is 1. The summed E-state index contributed by atoms with van der Waals surface area (Å²) < 4.78 is 27.5. The number of benzene rings is 2. The Bertz CT molecular complexity index is 1060. The van der Waals surface area contributed by atoms with Gasteiger partial charge < -0.3 is 15.1 Å². The average molecular weight is 443 g/mol. The second-order valence-electron chi connectivity index (χ2n) is 8.30. The van der Waals surface area contributed by atoms with Gasteiger partial charge in [0.05, 0.1) is 4.90 Å². The number of carbonyl (C=O) groups excluding carboxylic acids is 1. The molecule has 0 atom stereocenters. The van der Waals surface area contributed by atoms with Crippen molar-refractivity contribution in [1.29, 1.82) is 0 Å². The largest absolute Gasteiger partial charge is 0.369 e. The minimum atomic E-state index is -3.60. The molecule has 0 bridgehead atoms. The SMILES string of the molecule is CCN1CCN(c2ccc(NC(=O)c3cccc(S(=O)(=O)NC4CC4)c3)c(C)c2)CC1. The van der Waals surface area contributed by atoms with Gasteiger partial charge in [-0.05, 0) is 68.3 Å². The summed E-state index contributed by atoms with van der Waals surface area (Å²) in [5.74, 6) is -0.323. The molecule has 8 heteroatoms. The van der Waals surface area contributed by atoms with Crippen LogP contribution in [0.5, 0.6) is 0 Å². The highest BCUT2D eigenvalue weighted by atomic mass is 32.2. The van der Waals surface area contributed by atoms with E-state index in [1.165, 1.54) is 12.1 Å². The molecular formula is C23H30N4O3S. The molecule has 2 aliphatic rings. The number of anilines is 2. The lowest BCUT2D eigenvalue weighted by Gasteiger charge is -2.35. The summed E-state index contributed by atoms with van der Waals surface area (Å²) in [5, 5.41) is 2.92. The Morgan fingerprint density at radius 3 is 2.45 bits per heavy atom. The van der Waals surface area contributed by atoms with Crippen LogP contribution < -0.4 is 14.9 Å². The molecule has 4 rings (SSSR count). The van der Waals surface area contributed by atoms with Crippen LogP contribution in [0.2, 0.25) is 0 Å². The molecule has 1 saturated carbocycles. The molecule has 2 aromatic rings. The predicted molar refractivity (Wildman–Crippen MR) is 123 cm³/mol. The summed E-state index contributed by atoms with van der Waals surface area (Å²) in [7, 11) is -3.60. The molecule has 7 nitrogen and oxygen atoms in total. The van der Waals surface area contributed by atoms with Gasteiger partial charge in [-0.3, -0.25) is 4.79 Å². The fourth-order valence-corrected chi connectivity index (χ4v) is 5.15. The highest BCUT2D eigenvalue weighted by Crippen LogP contribution is 2.25. The van der Waals surface area contributed by atoms with E-state index >= 15 is 0 Å². The lowest BCUT2D eigenvalue weighted by molar-refractivity contribution is 0.102. The van der Waals surface area contributed by atoms with Crippen LogP contribution in [0, 0.1) is 6.92 Å². The fourth-order valence-electron chi connectivity index (χ4n) is 3.79. The number of nitrogens with zero attached hydrogens (tertiary/aromatic N) is 2. The standard InChI is InChI=1S/C23H30N4O3S/c1-3-26-11-13-27(14-12-26)20-9-10-22(17(2)15-20)24-23(28)18-5-4-6-21(16-18)31(29,30)25-19-7-8-19/h4-6,9-10,15-16,19,25H,3,7-8,11-14H2,1-2H3,(H,24,28). The first-order valence-corrected chi connectivity index (χ1v) is 12.4. The van der Waals surface area contributed by atoms with Crippen molar-refractivity contribution < 1.29 is 13.2 Å². The van der Waals surface area contributed by atoms with Crippen molar-refractivity contribution in [2.24, 2.45) is 0 Å². The number of hydrogen-bond donors (Lipinski definition) is 2. The number of hydrogen-bond acceptors (Lipinski definition) is 5. The van der Waals surface area contributed by atoms with Gasteiger partial charge in [0.15, 0.2) is 0 Å². The van der Waals surface area contributed by atoms with E-state index < -0.39 is 10.0 Å². The lowest BCUT2D eigenvalue weighted by atomic mass is 10.1. The topological polar surface area (TPSA) is 81.8 Å². The van der Waals surface area contributed by atoms with Gasteiger partial charge in [0.25, 0.3) is 5.91 Å². The van der Waals surface area contributed by atoms with Crippen molar-refractivity contribution in [1.82, 2.24) is 9.62 Å². The van der Waals surface area contributed by atoms with Crippen molar-refractivity contribution in [3.63, 3.8) is 0 Å². The Balaban J connectivity index is 1.44. The van der Waals surface area contributed by atoms with Gasteiger partial charge in [0.1, 0.15) is 0 Å².